The fourth-order valence-corrected chi connectivity index (χ4v) is 1.55. The molecule has 0 atom stereocenters. The van der Waals surface area contributed by atoms with Crippen LogP contribution in [0.2, 0.25) is 0 Å². The van der Waals surface area contributed by atoms with Gasteiger partial charge in [-0.3, -0.25) is 0 Å². The largest absolute Gasteiger partial charge is 0.385 e. The van der Waals surface area contributed by atoms with E-state index in [9.17, 15) is 0 Å². The molecule has 1 fully saturated rings. The molecule has 0 bridgehead atoms. The molecule has 1 aliphatic carbocycles. The van der Waals surface area contributed by atoms with Crippen molar-refractivity contribution < 1.29 is 9.47 Å². The van der Waals surface area contributed by atoms with Crippen LogP contribution in [0.15, 0.2) is 0 Å². The lowest BCUT2D eigenvalue weighted by molar-refractivity contribution is 0.0828. The minimum absolute atomic E-state index is 0.351. The predicted octanol–water partition coefficient (Wildman–Crippen LogP) is 2.21. The lowest BCUT2D eigenvalue weighted by atomic mass is 9.90. The van der Waals surface area contributed by atoms with Crippen molar-refractivity contribution in [3.05, 3.63) is 0 Å². The first kappa shape index (κ1) is 13.9. The summed E-state index contributed by atoms with van der Waals surface area (Å²) in [6, 6.07) is 0.807. The zero-order chi connectivity index (χ0) is 11.9. The third-order valence-electron chi connectivity index (χ3n) is 3.01. The molecule has 0 aromatic heterocycles. The lowest BCUT2D eigenvalue weighted by Crippen LogP contribution is -2.31. The summed E-state index contributed by atoms with van der Waals surface area (Å²) >= 11 is 0. The highest BCUT2D eigenvalue weighted by Crippen LogP contribution is 2.23. The molecule has 0 spiro atoms. The molecule has 0 radical (unpaired) electrons. The molecule has 0 amide bonds. The van der Waals surface area contributed by atoms with Crippen LogP contribution in [0, 0.1) is 5.41 Å². The van der Waals surface area contributed by atoms with Crippen LogP contribution in [0.25, 0.3) is 0 Å². The molecule has 3 nitrogen and oxygen atoms in total. The fourth-order valence-electron chi connectivity index (χ4n) is 1.55. The van der Waals surface area contributed by atoms with Gasteiger partial charge in [0.05, 0.1) is 0 Å². The van der Waals surface area contributed by atoms with E-state index in [0.29, 0.717) is 5.41 Å². The molecule has 0 aromatic rings. The zero-order valence-corrected chi connectivity index (χ0v) is 11.1. The van der Waals surface area contributed by atoms with Crippen molar-refractivity contribution in [2.24, 2.45) is 5.41 Å². The van der Waals surface area contributed by atoms with Crippen LogP contribution in [0.1, 0.15) is 39.5 Å². The van der Waals surface area contributed by atoms with E-state index in [-0.39, 0.29) is 0 Å². The number of nitrogens with one attached hydrogen (secondary N) is 1. The van der Waals surface area contributed by atoms with Crippen LogP contribution in [-0.4, -0.2) is 39.5 Å². The van der Waals surface area contributed by atoms with E-state index in [2.05, 4.69) is 19.2 Å². The zero-order valence-electron chi connectivity index (χ0n) is 11.1. The maximum atomic E-state index is 5.59. The van der Waals surface area contributed by atoms with Gasteiger partial charge in [0.15, 0.2) is 0 Å². The topological polar surface area (TPSA) is 30.5 Å². The normalized spacial score (nSPS) is 16.7. The molecule has 0 saturated heterocycles. The molecule has 96 valence electrons. The summed E-state index contributed by atoms with van der Waals surface area (Å²) in [6.07, 6.45) is 4.85. The van der Waals surface area contributed by atoms with Gasteiger partial charge in [-0.25, -0.2) is 0 Å². The predicted molar refractivity (Wildman–Crippen MR) is 66.7 cm³/mol. The Morgan fingerprint density at radius 1 is 1.19 bits per heavy atom. The summed E-state index contributed by atoms with van der Waals surface area (Å²) in [5.74, 6) is 0. The van der Waals surface area contributed by atoms with Gasteiger partial charge < -0.3 is 14.8 Å². The summed E-state index contributed by atoms with van der Waals surface area (Å²) in [7, 11) is 1.73. The summed E-state index contributed by atoms with van der Waals surface area (Å²) in [6.45, 7) is 8.20. The Kier molecular flexibility index (Phi) is 6.32. The Morgan fingerprint density at radius 3 is 2.56 bits per heavy atom. The van der Waals surface area contributed by atoms with Crippen molar-refractivity contribution in [2.45, 2.75) is 45.6 Å². The summed E-state index contributed by atoms with van der Waals surface area (Å²) in [5, 5.41) is 3.58. The molecule has 0 aliphatic heterocycles. The average Bonchev–Trinajstić information content (AvgIpc) is 3.04. The van der Waals surface area contributed by atoms with E-state index in [1.165, 1.54) is 12.8 Å². The smallest absolute Gasteiger partial charge is 0.0487 e. The van der Waals surface area contributed by atoms with Gasteiger partial charge in [0.25, 0.3) is 0 Å². The quantitative estimate of drug-likeness (QED) is 0.583. The third-order valence-corrected chi connectivity index (χ3v) is 3.01. The standard InChI is InChI=1S/C13H27NO2/c1-13(2,11-14-12-5-6-12)7-10-16-9-4-8-15-3/h12,14H,4-11H2,1-3H3. The number of rotatable bonds is 10. The van der Waals surface area contributed by atoms with Crippen LogP contribution in [0.3, 0.4) is 0 Å². The van der Waals surface area contributed by atoms with Gasteiger partial charge in [-0.2, -0.15) is 0 Å². The average molecular weight is 229 g/mol. The second-order valence-electron chi connectivity index (χ2n) is 5.53. The minimum Gasteiger partial charge on any atom is -0.385 e. The minimum atomic E-state index is 0.351. The molecule has 0 unspecified atom stereocenters. The van der Waals surface area contributed by atoms with Gasteiger partial charge in [-0.15, -0.1) is 0 Å². The van der Waals surface area contributed by atoms with Crippen LogP contribution in [-0.2, 0) is 9.47 Å². The molecule has 3 heteroatoms. The van der Waals surface area contributed by atoms with Crippen LogP contribution in [0.5, 0.6) is 0 Å². The fraction of sp³-hybridized carbons (Fsp3) is 1.00. The van der Waals surface area contributed by atoms with E-state index in [1.807, 2.05) is 0 Å². The van der Waals surface area contributed by atoms with E-state index in [1.54, 1.807) is 7.11 Å². The molecule has 0 aromatic carbocycles. The second-order valence-corrected chi connectivity index (χ2v) is 5.53. The maximum absolute atomic E-state index is 5.59. The number of methoxy groups -OCH3 is 1. The van der Waals surface area contributed by atoms with E-state index in [4.69, 9.17) is 9.47 Å². The van der Waals surface area contributed by atoms with Crippen molar-refractivity contribution in [1.82, 2.24) is 5.32 Å². The van der Waals surface area contributed by atoms with Crippen molar-refractivity contribution in [3.8, 4) is 0 Å². The van der Waals surface area contributed by atoms with Gasteiger partial charge in [-0.1, -0.05) is 13.8 Å². The first-order valence-electron chi connectivity index (χ1n) is 6.44. The second kappa shape index (κ2) is 7.25. The molecule has 1 aliphatic rings. The van der Waals surface area contributed by atoms with Gasteiger partial charge in [0.2, 0.25) is 0 Å². The maximum Gasteiger partial charge on any atom is 0.0487 e. The molecular weight excluding hydrogens is 202 g/mol. The lowest BCUT2D eigenvalue weighted by Gasteiger charge is -2.25. The van der Waals surface area contributed by atoms with Crippen molar-refractivity contribution in [1.29, 1.82) is 0 Å². The Hall–Kier alpha value is -0.120. The Balaban J connectivity index is 1.92. The molecule has 1 rings (SSSR count). The van der Waals surface area contributed by atoms with Gasteiger partial charge in [0, 0.05) is 39.5 Å². The molecular formula is C13H27NO2. The van der Waals surface area contributed by atoms with E-state index < -0.39 is 0 Å². The summed E-state index contributed by atoms with van der Waals surface area (Å²) in [4.78, 5) is 0. The van der Waals surface area contributed by atoms with Crippen LogP contribution in [0.4, 0.5) is 0 Å². The van der Waals surface area contributed by atoms with Crippen molar-refractivity contribution in [2.75, 3.05) is 33.5 Å². The first-order valence-corrected chi connectivity index (χ1v) is 6.44. The van der Waals surface area contributed by atoms with Gasteiger partial charge >= 0.3 is 0 Å². The Morgan fingerprint density at radius 2 is 1.94 bits per heavy atom. The van der Waals surface area contributed by atoms with Gasteiger partial charge in [0.1, 0.15) is 0 Å². The Bertz CT molecular complexity index is 179. The number of hydrogen-bond acceptors (Lipinski definition) is 3. The molecule has 16 heavy (non-hydrogen) atoms. The first-order chi connectivity index (χ1) is 7.64. The highest BCUT2D eigenvalue weighted by atomic mass is 16.5. The number of hydrogen-bond donors (Lipinski definition) is 1. The monoisotopic (exact) mass is 229 g/mol. The Labute approximate surface area is 99.9 Å². The van der Waals surface area contributed by atoms with E-state index in [0.717, 1.165) is 45.2 Å². The van der Waals surface area contributed by atoms with Gasteiger partial charge in [-0.05, 0) is 31.1 Å². The summed E-state index contributed by atoms with van der Waals surface area (Å²) < 4.78 is 10.6. The van der Waals surface area contributed by atoms with Crippen molar-refractivity contribution >= 4 is 0 Å². The molecule has 1 N–H and O–H groups in total. The highest BCUT2D eigenvalue weighted by Gasteiger charge is 2.24. The molecule has 1 saturated carbocycles. The summed E-state index contributed by atoms with van der Waals surface area (Å²) in [5.41, 5.74) is 0.351. The SMILES string of the molecule is COCCCOCCC(C)(C)CNC1CC1. The number of ether oxygens (including phenoxy) is 2. The third kappa shape index (κ3) is 7.20. The van der Waals surface area contributed by atoms with Crippen molar-refractivity contribution in [3.63, 3.8) is 0 Å². The molecule has 0 heterocycles. The van der Waals surface area contributed by atoms with E-state index >= 15 is 0 Å². The van der Waals surface area contributed by atoms with Crippen LogP contribution >= 0.6 is 0 Å². The highest BCUT2D eigenvalue weighted by molar-refractivity contribution is 4.83. The van der Waals surface area contributed by atoms with Crippen LogP contribution < -0.4 is 5.32 Å².